The van der Waals surface area contributed by atoms with E-state index in [4.69, 9.17) is 16.3 Å². The van der Waals surface area contributed by atoms with Crippen LogP contribution < -0.4 is 4.74 Å². The Balaban J connectivity index is 1.69. The lowest BCUT2D eigenvalue weighted by molar-refractivity contribution is 0.193. The van der Waals surface area contributed by atoms with Gasteiger partial charge < -0.3 is 4.74 Å². The van der Waals surface area contributed by atoms with Crippen LogP contribution in [0.3, 0.4) is 0 Å². The van der Waals surface area contributed by atoms with Crippen LogP contribution in [0.2, 0.25) is 0 Å². The van der Waals surface area contributed by atoms with E-state index in [2.05, 4.69) is 18.2 Å². The highest BCUT2D eigenvalue weighted by atomic mass is 35.5. The summed E-state index contributed by atoms with van der Waals surface area (Å²) in [5.41, 5.74) is 1.77. The molecule has 0 aromatic heterocycles. The first-order valence-electron chi connectivity index (χ1n) is 5.62. The summed E-state index contributed by atoms with van der Waals surface area (Å²) in [4.78, 5) is 0. The molecule has 80 valence electrons. The normalized spacial score (nSPS) is 25.8. The lowest BCUT2D eigenvalue weighted by atomic mass is 9.98. The van der Waals surface area contributed by atoms with Crippen molar-refractivity contribution in [2.45, 2.75) is 31.8 Å². The van der Waals surface area contributed by atoms with Gasteiger partial charge in [-0.25, -0.2) is 0 Å². The first kappa shape index (κ1) is 9.53. The van der Waals surface area contributed by atoms with Gasteiger partial charge in [-0.1, -0.05) is 18.2 Å². The molecular weight excluding hydrogens is 208 g/mol. The monoisotopic (exact) mass is 222 g/mol. The van der Waals surface area contributed by atoms with Gasteiger partial charge in [0.15, 0.2) is 0 Å². The molecule has 1 aliphatic heterocycles. The van der Waals surface area contributed by atoms with Crippen molar-refractivity contribution in [1.82, 2.24) is 0 Å². The lowest BCUT2D eigenvalue weighted by Crippen LogP contribution is -2.19. The molecule has 0 spiro atoms. The highest BCUT2D eigenvalue weighted by Crippen LogP contribution is 2.51. The molecule has 0 amide bonds. The van der Waals surface area contributed by atoms with Crippen LogP contribution >= 0.6 is 11.6 Å². The first-order chi connectivity index (χ1) is 7.31. The lowest BCUT2D eigenvalue weighted by Gasteiger charge is -2.16. The molecule has 1 heterocycles. The predicted octanol–water partition coefficient (Wildman–Crippen LogP) is 3.40. The Morgan fingerprint density at radius 1 is 1.33 bits per heavy atom. The van der Waals surface area contributed by atoms with Gasteiger partial charge in [-0.2, -0.15) is 0 Å². The molecule has 0 radical (unpaired) electrons. The van der Waals surface area contributed by atoms with Crippen LogP contribution in [-0.2, 0) is 6.42 Å². The Labute approximate surface area is 95.4 Å². The molecule has 0 saturated heterocycles. The van der Waals surface area contributed by atoms with Crippen molar-refractivity contribution in [2.24, 2.45) is 5.41 Å². The average Bonchev–Trinajstić information content (AvgIpc) is 2.91. The summed E-state index contributed by atoms with van der Waals surface area (Å²) in [6.45, 7) is 0. The number of benzene rings is 1. The van der Waals surface area contributed by atoms with E-state index in [9.17, 15) is 0 Å². The van der Waals surface area contributed by atoms with Crippen molar-refractivity contribution < 1.29 is 4.74 Å². The minimum absolute atomic E-state index is 0.364. The van der Waals surface area contributed by atoms with Gasteiger partial charge in [-0.3, -0.25) is 0 Å². The molecule has 1 unspecified atom stereocenters. The number of hydrogen-bond donors (Lipinski definition) is 0. The second kappa shape index (κ2) is 3.41. The zero-order valence-electron chi connectivity index (χ0n) is 8.71. The molecule has 0 bridgehead atoms. The first-order valence-corrected chi connectivity index (χ1v) is 6.15. The molecule has 3 rings (SSSR count). The summed E-state index contributed by atoms with van der Waals surface area (Å²) in [5, 5.41) is 0. The highest BCUT2D eigenvalue weighted by molar-refractivity contribution is 6.18. The Hall–Kier alpha value is -0.690. The molecule has 0 N–H and O–H groups in total. The summed E-state index contributed by atoms with van der Waals surface area (Å²) in [5.74, 6) is 1.87. The number of hydrogen-bond acceptors (Lipinski definition) is 1. The van der Waals surface area contributed by atoms with Crippen molar-refractivity contribution in [3.63, 3.8) is 0 Å². The Kier molecular flexibility index (Phi) is 2.17. The highest BCUT2D eigenvalue weighted by Gasteiger charge is 2.44. The van der Waals surface area contributed by atoms with Gasteiger partial charge in [0.05, 0.1) is 0 Å². The van der Waals surface area contributed by atoms with Gasteiger partial charge in [-0.15, -0.1) is 11.6 Å². The summed E-state index contributed by atoms with van der Waals surface area (Å²) < 4.78 is 5.93. The summed E-state index contributed by atoms with van der Waals surface area (Å²) in [6, 6.07) is 8.35. The molecule has 2 heteroatoms. The van der Waals surface area contributed by atoms with Crippen molar-refractivity contribution in [3.8, 4) is 5.75 Å². The molecular formula is C13H15ClO. The van der Waals surface area contributed by atoms with Crippen molar-refractivity contribution in [2.75, 3.05) is 5.88 Å². The van der Waals surface area contributed by atoms with E-state index in [1.54, 1.807) is 0 Å². The maximum Gasteiger partial charge on any atom is 0.123 e. The maximum atomic E-state index is 5.99. The van der Waals surface area contributed by atoms with Gasteiger partial charge in [0, 0.05) is 12.3 Å². The summed E-state index contributed by atoms with van der Waals surface area (Å²) >= 11 is 5.99. The fourth-order valence-electron chi connectivity index (χ4n) is 2.42. The topological polar surface area (TPSA) is 9.23 Å². The van der Waals surface area contributed by atoms with Crippen LogP contribution in [0.15, 0.2) is 24.3 Å². The fraction of sp³-hybridized carbons (Fsp3) is 0.538. The predicted molar refractivity (Wildman–Crippen MR) is 61.6 cm³/mol. The van der Waals surface area contributed by atoms with Crippen LogP contribution in [0.25, 0.3) is 0 Å². The van der Waals surface area contributed by atoms with Crippen LogP contribution in [0.1, 0.15) is 24.8 Å². The molecule has 1 fully saturated rings. The van der Waals surface area contributed by atoms with Gasteiger partial charge >= 0.3 is 0 Å². The zero-order chi connectivity index (χ0) is 10.3. The SMILES string of the molecule is ClCC1(CC2Cc3ccccc3O2)CC1. The standard InChI is InChI=1S/C13H15ClO/c14-9-13(5-6-13)8-11-7-10-3-1-2-4-12(10)15-11/h1-4,11H,5-9H2. The van der Waals surface area contributed by atoms with Crippen LogP contribution in [0.4, 0.5) is 0 Å². The minimum Gasteiger partial charge on any atom is -0.490 e. The third-order valence-corrected chi connectivity index (χ3v) is 4.18. The minimum atomic E-state index is 0.364. The van der Waals surface area contributed by atoms with Crippen LogP contribution in [0, 0.1) is 5.41 Å². The second-order valence-electron chi connectivity index (χ2n) is 4.89. The Morgan fingerprint density at radius 2 is 2.13 bits per heavy atom. The van der Waals surface area contributed by atoms with E-state index < -0.39 is 0 Å². The molecule has 1 saturated carbocycles. The van der Waals surface area contributed by atoms with Crippen molar-refractivity contribution in [1.29, 1.82) is 0 Å². The molecule has 1 aromatic carbocycles. The molecule has 1 atom stereocenters. The van der Waals surface area contributed by atoms with Gasteiger partial charge in [0.25, 0.3) is 0 Å². The largest absolute Gasteiger partial charge is 0.490 e. The number of alkyl halides is 1. The van der Waals surface area contributed by atoms with E-state index in [1.807, 2.05) is 6.07 Å². The number of rotatable bonds is 3. The Bertz CT molecular complexity index is 346. The summed E-state index contributed by atoms with van der Waals surface area (Å²) in [6.07, 6.45) is 5.13. The molecule has 15 heavy (non-hydrogen) atoms. The molecule has 1 aliphatic carbocycles. The quantitative estimate of drug-likeness (QED) is 0.713. The Morgan fingerprint density at radius 3 is 2.80 bits per heavy atom. The third-order valence-electron chi connectivity index (χ3n) is 3.62. The van der Waals surface area contributed by atoms with Crippen LogP contribution in [0.5, 0.6) is 5.75 Å². The fourth-order valence-corrected chi connectivity index (χ4v) is 2.80. The van der Waals surface area contributed by atoms with E-state index in [0.717, 1.165) is 24.5 Å². The van der Waals surface area contributed by atoms with Gasteiger partial charge in [0.1, 0.15) is 11.9 Å². The van der Waals surface area contributed by atoms with Crippen LogP contribution in [-0.4, -0.2) is 12.0 Å². The van der Waals surface area contributed by atoms with Crippen molar-refractivity contribution >= 4 is 11.6 Å². The molecule has 1 aromatic rings. The number of ether oxygens (including phenoxy) is 1. The van der Waals surface area contributed by atoms with E-state index in [0.29, 0.717) is 11.5 Å². The van der Waals surface area contributed by atoms with E-state index in [1.165, 1.54) is 18.4 Å². The van der Waals surface area contributed by atoms with E-state index >= 15 is 0 Å². The van der Waals surface area contributed by atoms with Gasteiger partial charge in [0.2, 0.25) is 0 Å². The average molecular weight is 223 g/mol. The molecule has 1 nitrogen and oxygen atoms in total. The molecule has 2 aliphatic rings. The number of para-hydroxylation sites is 1. The second-order valence-corrected chi connectivity index (χ2v) is 5.16. The maximum absolute atomic E-state index is 5.99. The zero-order valence-corrected chi connectivity index (χ0v) is 9.46. The number of fused-ring (bicyclic) bond motifs is 1. The smallest absolute Gasteiger partial charge is 0.123 e. The van der Waals surface area contributed by atoms with Gasteiger partial charge in [-0.05, 0) is 36.3 Å². The number of halogens is 1. The summed E-state index contributed by atoms with van der Waals surface area (Å²) in [7, 11) is 0. The van der Waals surface area contributed by atoms with E-state index in [-0.39, 0.29) is 0 Å². The third kappa shape index (κ3) is 1.74. The van der Waals surface area contributed by atoms with Crippen molar-refractivity contribution in [3.05, 3.63) is 29.8 Å².